The fraction of sp³-hybridized carbons (Fsp3) is 0.0476. The minimum atomic E-state index is -0.926. The van der Waals surface area contributed by atoms with E-state index in [1.807, 2.05) is 47.3 Å². The SMILES string of the molecule is O=C(O)c1ccc(C[n+]2ccc(/C=C\c3ccccc3F)cc2)cc1. The number of carboxylic acids is 1. The Hall–Kier alpha value is -3.27. The molecule has 0 fully saturated rings. The summed E-state index contributed by atoms with van der Waals surface area (Å²) >= 11 is 0. The van der Waals surface area contributed by atoms with Crippen molar-refractivity contribution >= 4 is 18.1 Å². The van der Waals surface area contributed by atoms with E-state index in [0.29, 0.717) is 12.1 Å². The van der Waals surface area contributed by atoms with Crippen molar-refractivity contribution in [2.45, 2.75) is 6.54 Å². The molecule has 1 aromatic heterocycles. The number of hydrogen-bond acceptors (Lipinski definition) is 1. The number of halogens is 1. The van der Waals surface area contributed by atoms with Gasteiger partial charge >= 0.3 is 5.97 Å². The fourth-order valence-electron chi connectivity index (χ4n) is 2.45. The number of aromatic nitrogens is 1. The van der Waals surface area contributed by atoms with E-state index in [1.54, 1.807) is 36.4 Å². The molecular formula is C21H17FNO2+. The molecule has 3 aromatic rings. The molecule has 4 heteroatoms. The van der Waals surface area contributed by atoms with Gasteiger partial charge in [0.1, 0.15) is 5.82 Å². The summed E-state index contributed by atoms with van der Waals surface area (Å²) < 4.78 is 15.6. The van der Waals surface area contributed by atoms with Gasteiger partial charge in [0, 0.05) is 23.3 Å². The van der Waals surface area contributed by atoms with Gasteiger partial charge < -0.3 is 5.11 Å². The maximum absolute atomic E-state index is 13.6. The summed E-state index contributed by atoms with van der Waals surface area (Å²) in [6.45, 7) is 0.650. The summed E-state index contributed by atoms with van der Waals surface area (Å²) in [7, 11) is 0. The number of hydrogen-bond donors (Lipinski definition) is 1. The van der Waals surface area contributed by atoms with Crippen LogP contribution in [0.3, 0.4) is 0 Å². The average Bonchev–Trinajstić information content (AvgIpc) is 2.63. The molecule has 1 heterocycles. The number of aromatic carboxylic acids is 1. The first-order valence-electron chi connectivity index (χ1n) is 7.86. The van der Waals surface area contributed by atoms with Crippen molar-refractivity contribution in [3.05, 3.63) is 101 Å². The molecule has 0 bridgehead atoms. The van der Waals surface area contributed by atoms with E-state index >= 15 is 0 Å². The van der Waals surface area contributed by atoms with Crippen molar-refractivity contribution in [2.75, 3.05) is 0 Å². The molecule has 0 aliphatic heterocycles. The number of pyridine rings is 1. The topological polar surface area (TPSA) is 41.2 Å². The average molecular weight is 334 g/mol. The number of rotatable bonds is 5. The summed E-state index contributed by atoms with van der Waals surface area (Å²) in [5.41, 5.74) is 2.82. The van der Waals surface area contributed by atoms with Gasteiger partial charge in [-0.05, 0) is 23.8 Å². The van der Waals surface area contributed by atoms with Crippen LogP contribution in [0.15, 0.2) is 73.1 Å². The maximum atomic E-state index is 13.6. The Kier molecular flexibility index (Phi) is 5.00. The second-order valence-corrected chi connectivity index (χ2v) is 5.66. The highest BCUT2D eigenvalue weighted by atomic mass is 19.1. The lowest BCUT2D eigenvalue weighted by molar-refractivity contribution is -0.688. The zero-order valence-electron chi connectivity index (χ0n) is 13.5. The second kappa shape index (κ2) is 7.53. The van der Waals surface area contributed by atoms with Crippen LogP contribution in [0.2, 0.25) is 0 Å². The molecule has 0 unspecified atom stereocenters. The highest BCUT2D eigenvalue weighted by molar-refractivity contribution is 5.87. The van der Waals surface area contributed by atoms with Crippen molar-refractivity contribution in [1.82, 2.24) is 0 Å². The summed E-state index contributed by atoms with van der Waals surface area (Å²) in [4.78, 5) is 10.9. The maximum Gasteiger partial charge on any atom is 0.335 e. The number of nitrogens with zero attached hydrogens (tertiary/aromatic N) is 1. The Morgan fingerprint density at radius 2 is 1.64 bits per heavy atom. The highest BCUT2D eigenvalue weighted by Gasteiger charge is 2.05. The van der Waals surface area contributed by atoms with Crippen LogP contribution >= 0.6 is 0 Å². The van der Waals surface area contributed by atoms with Gasteiger partial charge in [0.05, 0.1) is 5.56 Å². The van der Waals surface area contributed by atoms with Crippen molar-refractivity contribution in [3.63, 3.8) is 0 Å². The molecule has 0 aliphatic carbocycles. The van der Waals surface area contributed by atoms with Crippen molar-refractivity contribution in [2.24, 2.45) is 0 Å². The van der Waals surface area contributed by atoms with E-state index in [9.17, 15) is 9.18 Å². The molecule has 0 aliphatic rings. The normalized spacial score (nSPS) is 10.9. The van der Waals surface area contributed by atoms with Gasteiger partial charge in [-0.15, -0.1) is 0 Å². The first-order chi connectivity index (χ1) is 12.1. The predicted molar refractivity (Wildman–Crippen MR) is 94.5 cm³/mol. The van der Waals surface area contributed by atoms with Crippen LogP contribution in [0, 0.1) is 5.82 Å². The Balaban J connectivity index is 1.68. The monoisotopic (exact) mass is 334 g/mol. The minimum absolute atomic E-state index is 0.241. The minimum Gasteiger partial charge on any atom is -0.478 e. The Morgan fingerprint density at radius 3 is 2.28 bits per heavy atom. The molecule has 1 N–H and O–H groups in total. The molecule has 0 amide bonds. The van der Waals surface area contributed by atoms with Crippen LogP contribution in [0.1, 0.15) is 27.0 Å². The number of carboxylic acid groups (broad SMARTS) is 1. The van der Waals surface area contributed by atoms with E-state index in [-0.39, 0.29) is 11.4 Å². The van der Waals surface area contributed by atoms with E-state index < -0.39 is 5.97 Å². The van der Waals surface area contributed by atoms with Gasteiger partial charge in [-0.3, -0.25) is 0 Å². The van der Waals surface area contributed by atoms with Crippen LogP contribution < -0.4 is 4.57 Å². The smallest absolute Gasteiger partial charge is 0.335 e. The van der Waals surface area contributed by atoms with Crippen molar-refractivity contribution in [3.8, 4) is 0 Å². The third-order valence-corrected chi connectivity index (χ3v) is 3.84. The molecule has 3 rings (SSSR count). The summed E-state index contributed by atoms with van der Waals surface area (Å²) in [6.07, 6.45) is 7.49. The first-order valence-corrected chi connectivity index (χ1v) is 7.86. The Morgan fingerprint density at radius 1 is 0.960 bits per heavy atom. The number of carbonyl (C=O) groups is 1. The first kappa shape index (κ1) is 16.6. The Labute approximate surface area is 145 Å². The molecule has 0 radical (unpaired) electrons. The molecule has 25 heavy (non-hydrogen) atoms. The molecule has 2 aromatic carbocycles. The third kappa shape index (κ3) is 4.38. The molecule has 3 nitrogen and oxygen atoms in total. The van der Waals surface area contributed by atoms with Crippen molar-refractivity contribution in [1.29, 1.82) is 0 Å². The van der Waals surface area contributed by atoms with Crippen LogP contribution in [0.5, 0.6) is 0 Å². The zero-order chi connectivity index (χ0) is 17.6. The largest absolute Gasteiger partial charge is 0.478 e. The van der Waals surface area contributed by atoms with Gasteiger partial charge in [-0.2, -0.15) is 0 Å². The van der Waals surface area contributed by atoms with Gasteiger partial charge in [-0.1, -0.05) is 42.5 Å². The van der Waals surface area contributed by atoms with Gasteiger partial charge in [0.25, 0.3) is 0 Å². The summed E-state index contributed by atoms with van der Waals surface area (Å²) in [5.74, 6) is -1.17. The lowest BCUT2D eigenvalue weighted by Gasteiger charge is -2.00. The van der Waals surface area contributed by atoms with E-state index in [2.05, 4.69) is 0 Å². The Bertz CT molecular complexity index is 900. The van der Waals surface area contributed by atoms with Gasteiger partial charge in [-0.25, -0.2) is 13.8 Å². The van der Waals surface area contributed by atoms with Crippen LogP contribution in [-0.2, 0) is 6.54 Å². The second-order valence-electron chi connectivity index (χ2n) is 5.66. The molecule has 0 atom stereocenters. The van der Waals surface area contributed by atoms with E-state index in [1.165, 1.54) is 6.07 Å². The van der Waals surface area contributed by atoms with Gasteiger partial charge in [0.15, 0.2) is 18.9 Å². The van der Waals surface area contributed by atoms with Gasteiger partial charge in [0.2, 0.25) is 0 Å². The lowest BCUT2D eigenvalue weighted by Crippen LogP contribution is -2.33. The zero-order valence-corrected chi connectivity index (χ0v) is 13.5. The third-order valence-electron chi connectivity index (χ3n) is 3.84. The van der Waals surface area contributed by atoms with Crippen LogP contribution in [0.4, 0.5) is 4.39 Å². The molecule has 124 valence electrons. The predicted octanol–water partition coefficient (Wildman–Crippen LogP) is 4.03. The standard InChI is InChI=1S/C21H16FNO2/c22-20-4-2-1-3-18(20)8-5-16-11-13-23(14-12-16)15-17-6-9-19(10-7-17)21(24)25/h1-14H,15H2/p+1/b8-5-. The van der Waals surface area contributed by atoms with Crippen molar-refractivity contribution < 1.29 is 18.9 Å². The molecule has 0 spiro atoms. The summed E-state index contributed by atoms with van der Waals surface area (Å²) in [6, 6.07) is 17.4. The number of benzene rings is 2. The summed E-state index contributed by atoms with van der Waals surface area (Å²) in [5, 5.41) is 8.91. The van der Waals surface area contributed by atoms with Crippen LogP contribution in [-0.4, -0.2) is 11.1 Å². The molecular weight excluding hydrogens is 317 g/mol. The lowest BCUT2D eigenvalue weighted by atomic mass is 10.1. The van der Waals surface area contributed by atoms with E-state index in [0.717, 1.165) is 11.1 Å². The highest BCUT2D eigenvalue weighted by Crippen LogP contribution is 2.11. The molecule has 0 saturated heterocycles. The molecule has 0 saturated carbocycles. The quantitative estimate of drug-likeness (QED) is 0.716. The van der Waals surface area contributed by atoms with Crippen LogP contribution in [0.25, 0.3) is 12.2 Å². The van der Waals surface area contributed by atoms with E-state index in [4.69, 9.17) is 5.11 Å². The fourth-order valence-corrected chi connectivity index (χ4v) is 2.45.